The van der Waals surface area contributed by atoms with Gasteiger partial charge in [-0.25, -0.2) is 4.79 Å². The summed E-state index contributed by atoms with van der Waals surface area (Å²) in [6.45, 7) is 6.90. The third kappa shape index (κ3) is 2.00. The Kier molecular flexibility index (Phi) is 3.24. The molecule has 1 aliphatic heterocycles. The first-order valence-electron chi connectivity index (χ1n) is 8.48. The van der Waals surface area contributed by atoms with E-state index >= 15 is 0 Å². The van der Waals surface area contributed by atoms with E-state index in [2.05, 4.69) is 30.3 Å². The Bertz CT molecular complexity index is 831. The van der Waals surface area contributed by atoms with Crippen LogP contribution in [0, 0.1) is 0 Å². The molecule has 0 N–H and O–H groups in total. The molecule has 3 heterocycles. The van der Waals surface area contributed by atoms with Gasteiger partial charge < -0.3 is 14.0 Å². The fourth-order valence-corrected chi connectivity index (χ4v) is 3.91. The zero-order valence-corrected chi connectivity index (χ0v) is 14.5. The van der Waals surface area contributed by atoms with Crippen LogP contribution < -0.4 is 4.74 Å². The van der Waals surface area contributed by atoms with Crippen molar-refractivity contribution in [3.8, 4) is 17.0 Å². The number of methoxy groups -OCH3 is 1. The van der Waals surface area contributed by atoms with Crippen molar-refractivity contribution in [2.24, 2.45) is 0 Å². The van der Waals surface area contributed by atoms with E-state index in [0.29, 0.717) is 18.2 Å². The van der Waals surface area contributed by atoms with Crippen LogP contribution in [-0.2, 0) is 16.9 Å². The normalized spacial score (nSPS) is 17.7. The van der Waals surface area contributed by atoms with Crippen LogP contribution in [0.1, 0.15) is 61.1 Å². The number of hydrogen-bond donors (Lipinski definition) is 0. The summed E-state index contributed by atoms with van der Waals surface area (Å²) in [5.41, 5.74) is 4.50. The van der Waals surface area contributed by atoms with Crippen LogP contribution in [0.25, 0.3) is 11.3 Å². The third-order valence-corrected chi connectivity index (χ3v) is 4.99. The summed E-state index contributed by atoms with van der Waals surface area (Å²) >= 11 is 0. The summed E-state index contributed by atoms with van der Waals surface area (Å²) < 4.78 is 13.5. The van der Waals surface area contributed by atoms with Gasteiger partial charge >= 0.3 is 5.97 Å². The molecule has 2 aromatic heterocycles. The highest BCUT2D eigenvalue weighted by molar-refractivity contribution is 5.94. The number of esters is 1. The number of carbonyl (C=O) groups excluding carboxylic acids is 1. The third-order valence-electron chi connectivity index (χ3n) is 4.99. The first-order chi connectivity index (χ1) is 11.5. The quantitative estimate of drug-likeness (QED) is 0.804. The lowest BCUT2D eigenvalue weighted by Gasteiger charge is -2.34. The molecule has 5 heteroatoms. The maximum absolute atomic E-state index is 12.6. The molecular weight excluding hydrogens is 304 g/mol. The summed E-state index contributed by atoms with van der Waals surface area (Å²) in [6.07, 6.45) is 5.75. The fourth-order valence-electron chi connectivity index (χ4n) is 3.91. The maximum Gasteiger partial charge on any atom is 0.354 e. The van der Waals surface area contributed by atoms with Gasteiger partial charge in [-0.05, 0) is 51.2 Å². The van der Waals surface area contributed by atoms with Gasteiger partial charge in [0.05, 0.1) is 19.0 Å². The minimum atomic E-state index is -0.507. The van der Waals surface area contributed by atoms with Crippen molar-refractivity contribution in [2.45, 2.75) is 51.7 Å². The molecular formula is C19H22N2O3. The first-order valence-corrected chi connectivity index (χ1v) is 8.48. The van der Waals surface area contributed by atoms with Gasteiger partial charge in [0.15, 0.2) is 0 Å². The number of rotatable bonds is 3. The van der Waals surface area contributed by atoms with E-state index in [-0.39, 0.29) is 5.97 Å². The van der Waals surface area contributed by atoms with Crippen molar-refractivity contribution < 1.29 is 14.3 Å². The van der Waals surface area contributed by atoms with Crippen molar-refractivity contribution in [3.63, 3.8) is 0 Å². The van der Waals surface area contributed by atoms with Crippen LogP contribution in [0.5, 0.6) is 5.75 Å². The maximum atomic E-state index is 12.6. The van der Waals surface area contributed by atoms with Crippen LogP contribution in [0.2, 0.25) is 0 Å². The Morgan fingerprint density at radius 3 is 2.83 bits per heavy atom. The van der Waals surface area contributed by atoms with Gasteiger partial charge in [-0.15, -0.1) is 0 Å². The minimum Gasteiger partial charge on any atom is -0.481 e. The molecule has 0 saturated heterocycles. The Morgan fingerprint density at radius 1 is 1.46 bits per heavy atom. The first kappa shape index (κ1) is 15.2. The molecule has 24 heavy (non-hydrogen) atoms. The molecule has 0 aromatic carbocycles. The molecule has 4 rings (SSSR count). The predicted molar refractivity (Wildman–Crippen MR) is 90.3 cm³/mol. The zero-order valence-electron chi connectivity index (χ0n) is 14.5. The SMILES string of the molecule is CCn1c(C(=O)OC)c(C2CC2)c2c1-c1ccncc1OC2(C)C. The van der Waals surface area contributed by atoms with Gasteiger partial charge in [-0.3, -0.25) is 4.98 Å². The summed E-state index contributed by atoms with van der Waals surface area (Å²) in [5, 5.41) is 0. The van der Waals surface area contributed by atoms with E-state index in [0.717, 1.165) is 41.0 Å². The summed E-state index contributed by atoms with van der Waals surface area (Å²) in [4.78, 5) is 16.8. The lowest BCUT2D eigenvalue weighted by Crippen LogP contribution is -2.30. The minimum absolute atomic E-state index is 0.264. The van der Waals surface area contributed by atoms with Crippen LogP contribution in [0.3, 0.4) is 0 Å². The zero-order chi connectivity index (χ0) is 17.1. The van der Waals surface area contributed by atoms with Crippen molar-refractivity contribution in [2.75, 3.05) is 7.11 Å². The monoisotopic (exact) mass is 326 g/mol. The molecule has 2 aromatic rings. The molecule has 0 unspecified atom stereocenters. The highest BCUT2D eigenvalue weighted by Crippen LogP contribution is 2.54. The van der Waals surface area contributed by atoms with Crippen LogP contribution >= 0.6 is 0 Å². The smallest absolute Gasteiger partial charge is 0.354 e. The Hall–Kier alpha value is -2.30. The lowest BCUT2D eigenvalue weighted by molar-refractivity contribution is 0.0587. The van der Waals surface area contributed by atoms with E-state index in [1.54, 1.807) is 12.4 Å². The molecule has 0 spiro atoms. The van der Waals surface area contributed by atoms with Gasteiger partial charge in [0.1, 0.15) is 17.0 Å². The molecule has 0 bridgehead atoms. The van der Waals surface area contributed by atoms with Gasteiger partial charge in [0.25, 0.3) is 0 Å². The topological polar surface area (TPSA) is 53.4 Å². The van der Waals surface area contributed by atoms with Gasteiger partial charge in [0.2, 0.25) is 0 Å². The Morgan fingerprint density at radius 2 is 2.21 bits per heavy atom. The summed E-state index contributed by atoms with van der Waals surface area (Å²) in [5.74, 6) is 0.924. The van der Waals surface area contributed by atoms with E-state index in [1.165, 1.54) is 7.11 Å². The van der Waals surface area contributed by atoms with Gasteiger partial charge in [-0.2, -0.15) is 0 Å². The van der Waals surface area contributed by atoms with Crippen molar-refractivity contribution >= 4 is 5.97 Å². The largest absolute Gasteiger partial charge is 0.481 e. The number of hydrogen-bond acceptors (Lipinski definition) is 4. The van der Waals surface area contributed by atoms with Crippen molar-refractivity contribution in [1.82, 2.24) is 9.55 Å². The van der Waals surface area contributed by atoms with Crippen molar-refractivity contribution in [3.05, 3.63) is 35.3 Å². The number of fused-ring (bicyclic) bond motifs is 3. The highest BCUT2D eigenvalue weighted by Gasteiger charge is 2.45. The Balaban J connectivity index is 2.12. The second kappa shape index (κ2) is 5.10. The number of carbonyl (C=O) groups is 1. The van der Waals surface area contributed by atoms with Crippen LogP contribution in [-0.4, -0.2) is 22.6 Å². The average Bonchev–Trinajstić information content (AvgIpc) is 3.33. The molecule has 0 radical (unpaired) electrons. The molecule has 2 aliphatic rings. The van der Waals surface area contributed by atoms with Crippen molar-refractivity contribution in [1.29, 1.82) is 0 Å². The fraction of sp³-hybridized carbons (Fsp3) is 0.474. The molecule has 0 amide bonds. The number of aromatic nitrogens is 2. The average molecular weight is 326 g/mol. The molecule has 1 saturated carbocycles. The van der Waals surface area contributed by atoms with E-state index in [4.69, 9.17) is 9.47 Å². The second-order valence-electron chi connectivity index (χ2n) is 6.98. The van der Waals surface area contributed by atoms with Crippen LogP contribution in [0.15, 0.2) is 18.5 Å². The second-order valence-corrected chi connectivity index (χ2v) is 6.98. The van der Waals surface area contributed by atoms with Gasteiger partial charge in [-0.1, -0.05) is 0 Å². The lowest BCUT2D eigenvalue weighted by atomic mass is 9.86. The molecule has 1 fully saturated rings. The molecule has 5 nitrogen and oxygen atoms in total. The number of pyridine rings is 1. The summed E-state index contributed by atoms with van der Waals surface area (Å²) in [7, 11) is 1.45. The molecule has 1 aliphatic carbocycles. The van der Waals surface area contributed by atoms with E-state index < -0.39 is 5.60 Å². The summed E-state index contributed by atoms with van der Waals surface area (Å²) in [6, 6.07) is 1.97. The van der Waals surface area contributed by atoms with Gasteiger partial charge in [0, 0.05) is 23.9 Å². The van der Waals surface area contributed by atoms with E-state index in [9.17, 15) is 4.79 Å². The highest BCUT2D eigenvalue weighted by atomic mass is 16.5. The predicted octanol–water partition coefficient (Wildman–Crippen LogP) is 3.86. The Labute approximate surface area is 141 Å². The molecule has 126 valence electrons. The molecule has 0 atom stereocenters. The standard InChI is InChI=1S/C19H22N2O3/c1-5-21-16-12-8-9-20-10-13(12)24-19(2,3)15(16)14(11-6-7-11)17(21)18(22)23-4/h8-11H,5-7H2,1-4H3. The van der Waals surface area contributed by atoms with Crippen LogP contribution in [0.4, 0.5) is 0 Å². The number of nitrogens with zero attached hydrogens (tertiary/aromatic N) is 2. The number of ether oxygens (including phenoxy) is 2. The van der Waals surface area contributed by atoms with E-state index in [1.807, 2.05) is 6.07 Å².